The van der Waals surface area contributed by atoms with E-state index in [1.165, 1.54) is 33.5 Å². The maximum atomic E-state index is 13.0. The van der Waals surface area contributed by atoms with Gasteiger partial charge in [-0.2, -0.15) is 0 Å². The first-order valence-corrected chi connectivity index (χ1v) is 15.4. The SMILES string of the molecule is CCCN(CCC)C1Cc2c(C(C)=O)ccc3c2C(C1)CN3C(c1ccccc1)(c1ccccc1)c1ccccc1. The molecule has 0 N–H and O–H groups in total. The average Bonchev–Trinajstić information content (AvgIpc) is 3.38. The van der Waals surface area contributed by atoms with Gasteiger partial charge < -0.3 is 9.80 Å². The van der Waals surface area contributed by atoms with Gasteiger partial charge in [0.25, 0.3) is 0 Å². The van der Waals surface area contributed by atoms with Crippen LogP contribution in [0.2, 0.25) is 0 Å². The number of Topliss-reactive ketones (excluding diaryl/α,β-unsaturated/α-hetero) is 1. The standard InChI is InChI=1S/C38H42N2O/c1-4-23-39(24-5-2)33-25-29-27-40(36-22-21-34(28(3)41)35(26-33)37(29)36)38(30-15-9-6-10-16-30,31-17-11-7-12-18-31)32-19-13-8-14-20-32/h6-22,29,33H,4-5,23-27H2,1-3H3. The highest BCUT2D eigenvalue weighted by Crippen LogP contribution is 2.54. The highest BCUT2D eigenvalue weighted by atomic mass is 16.1. The molecule has 1 aliphatic heterocycles. The maximum absolute atomic E-state index is 13.0. The second-order valence-corrected chi connectivity index (χ2v) is 11.8. The minimum absolute atomic E-state index is 0.179. The van der Waals surface area contributed by atoms with Crippen LogP contribution in [0.3, 0.4) is 0 Å². The molecule has 3 nitrogen and oxygen atoms in total. The minimum atomic E-state index is -0.505. The van der Waals surface area contributed by atoms with E-state index in [1.54, 1.807) is 6.92 Å². The fourth-order valence-electron chi connectivity index (χ4n) is 7.80. The summed E-state index contributed by atoms with van der Waals surface area (Å²) < 4.78 is 0. The van der Waals surface area contributed by atoms with E-state index in [4.69, 9.17) is 0 Å². The number of carbonyl (C=O) groups excluding carboxylic acids is 1. The molecule has 4 aromatic rings. The third-order valence-corrected chi connectivity index (χ3v) is 9.33. The van der Waals surface area contributed by atoms with Gasteiger partial charge in [-0.1, -0.05) is 105 Å². The average molecular weight is 543 g/mol. The number of hydrogen-bond donors (Lipinski definition) is 0. The summed E-state index contributed by atoms with van der Waals surface area (Å²) >= 11 is 0. The molecule has 2 atom stereocenters. The van der Waals surface area contributed by atoms with Crippen molar-refractivity contribution in [3.8, 4) is 0 Å². The molecule has 0 amide bonds. The number of benzene rings is 4. The Morgan fingerprint density at radius 1 is 0.780 bits per heavy atom. The highest BCUT2D eigenvalue weighted by Gasteiger charge is 2.49. The second kappa shape index (κ2) is 11.7. The van der Waals surface area contributed by atoms with E-state index < -0.39 is 5.54 Å². The molecule has 1 heterocycles. The smallest absolute Gasteiger partial charge is 0.160 e. The van der Waals surface area contributed by atoms with Crippen LogP contribution < -0.4 is 4.90 Å². The molecular weight excluding hydrogens is 500 g/mol. The molecule has 2 unspecified atom stereocenters. The Balaban J connectivity index is 1.59. The Morgan fingerprint density at radius 2 is 1.29 bits per heavy atom. The van der Waals surface area contributed by atoms with Crippen molar-refractivity contribution in [3.63, 3.8) is 0 Å². The number of ketones is 1. The van der Waals surface area contributed by atoms with Gasteiger partial charge in [-0.25, -0.2) is 0 Å². The minimum Gasteiger partial charge on any atom is -0.353 e. The van der Waals surface area contributed by atoms with Crippen LogP contribution in [0.15, 0.2) is 103 Å². The second-order valence-electron chi connectivity index (χ2n) is 11.8. The van der Waals surface area contributed by atoms with Crippen molar-refractivity contribution in [2.75, 3.05) is 24.5 Å². The summed E-state index contributed by atoms with van der Waals surface area (Å²) in [4.78, 5) is 18.4. The monoisotopic (exact) mass is 542 g/mol. The molecule has 0 radical (unpaired) electrons. The molecule has 6 rings (SSSR count). The summed E-state index contributed by atoms with van der Waals surface area (Å²) in [5.41, 5.74) is 8.17. The topological polar surface area (TPSA) is 23.6 Å². The van der Waals surface area contributed by atoms with E-state index in [0.29, 0.717) is 12.0 Å². The zero-order chi connectivity index (χ0) is 28.4. The van der Waals surface area contributed by atoms with E-state index in [1.807, 2.05) is 0 Å². The lowest BCUT2D eigenvalue weighted by atomic mass is 9.75. The first-order chi connectivity index (χ1) is 20.1. The molecule has 0 saturated heterocycles. The molecule has 0 fully saturated rings. The number of nitrogens with zero attached hydrogens (tertiary/aromatic N) is 2. The van der Waals surface area contributed by atoms with Gasteiger partial charge in [-0.15, -0.1) is 0 Å². The molecule has 0 aromatic heterocycles. The zero-order valence-corrected chi connectivity index (χ0v) is 24.7. The third kappa shape index (κ3) is 4.71. The molecule has 41 heavy (non-hydrogen) atoms. The molecule has 2 aliphatic rings. The Morgan fingerprint density at radius 3 is 1.76 bits per heavy atom. The van der Waals surface area contributed by atoms with Crippen molar-refractivity contribution in [1.29, 1.82) is 0 Å². The van der Waals surface area contributed by atoms with Crippen molar-refractivity contribution in [2.45, 2.75) is 64.0 Å². The molecule has 3 heteroatoms. The van der Waals surface area contributed by atoms with Gasteiger partial charge in [0.05, 0.1) is 0 Å². The van der Waals surface area contributed by atoms with Gasteiger partial charge in [0, 0.05) is 29.8 Å². The van der Waals surface area contributed by atoms with E-state index in [9.17, 15) is 4.79 Å². The van der Waals surface area contributed by atoms with E-state index >= 15 is 0 Å². The lowest BCUT2D eigenvalue weighted by Gasteiger charge is -2.45. The van der Waals surface area contributed by atoms with Crippen LogP contribution in [0.25, 0.3) is 0 Å². The molecule has 0 spiro atoms. The van der Waals surface area contributed by atoms with Gasteiger partial charge in [0.2, 0.25) is 0 Å². The summed E-state index contributed by atoms with van der Waals surface area (Å²) in [5, 5.41) is 0. The van der Waals surface area contributed by atoms with Crippen LogP contribution >= 0.6 is 0 Å². The molecular formula is C38H42N2O. The van der Waals surface area contributed by atoms with Crippen molar-refractivity contribution in [3.05, 3.63) is 137 Å². The quantitative estimate of drug-likeness (QED) is 0.149. The van der Waals surface area contributed by atoms with Gasteiger partial charge in [-0.3, -0.25) is 4.79 Å². The summed E-state index contributed by atoms with van der Waals surface area (Å²) in [7, 11) is 0. The maximum Gasteiger partial charge on any atom is 0.160 e. The predicted molar refractivity (Wildman–Crippen MR) is 170 cm³/mol. The Bertz CT molecular complexity index is 1380. The number of carbonyl (C=O) groups is 1. The van der Waals surface area contributed by atoms with Gasteiger partial charge >= 0.3 is 0 Å². The Kier molecular flexibility index (Phi) is 7.81. The normalized spacial score (nSPS) is 18.0. The summed E-state index contributed by atoms with van der Waals surface area (Å²) in [6, 6.07) is 37.8. The lowest BCUT2D eigenvalue weighted by molar-refractivity contribution is 0.101. The third-order valence-electron chi connectivity index (χ3n) is 9.33. The van der Waals surface area contributed by atoms with Crippen molar-refractivity contribution >= 4 is 11.5 Å². The fraction of sp³-hybridized carbons (Fsp3) is 0.342. The number of hydrogen-bond acceptors (Lipinski definition) is 3. The molecule has 1 aliphatic carbocycles. The van der Waals surface area contributed by atoms with Crippen LogP contribution in [0.4, 0.5) is 5.69 Å². The Labute approximate surface area is 245 Å². The van der Waals surface area contributed by atoms with Crippen LogP contribution in [0.1, 0.15) is 84.1 Å². The van der Waals surface area contributed by atoms with Gasteiger partial charge in [0.15, 0.2) is 5.78 Å². The van der Waals surface area contributed by atoms with Crippen molar-refractivity contribution in [2.24, 2.45) is 0 Å². The predicted octanol–water partition coefficient (Wildman–Crippen LogP) is 8.22. The van der Waals surface area contributed by atoms with Crippen LogP contribution in [-0.2, 0) is 12.0 Å². The van der Waals surface area contributed by atoms with Crippen LogP contribution in [0.5, 0.6) is 0 Å². The first kappa shape index (κ1) is 27.5. The Hall–Kier alpha value is -3.69. The van der Waals surface area contributed by atoms with E-state index in [2.05, 4.69) is 127 Å². The highest BCUT2D eigenvalue weighted by molar-refractivity contribution is 5.97. The number of rotatable bonds is 10. The van der Waals surface area contributed by atoms with Crippen LogP contribution in [0, 0.1) is 0 Å². The summed E-state index contributed by atoms with van der Waals surface area (Å²) in [6.07, 6.45) is 4.39. The van der Waals surface area contributed by atoms with Crippen molar-refractivity contribution < 1.29 is 4.79 Å². The first-order valence-electron chi connectivity index (χ1n) is 15.4. The largest absolute Gasteiger partial charge is 0.353 e. The molecule has 4 aromatic carbocycles. The van der Waals surface area contributed by atoms with Gasteiger partial charge in [-0.05, 0) is 85.6 Å². The number of anilines is 1. The van der Waals surface area contributed by atoms with Gasteiger partial charge in [0.1, 0.15) is 5.54 Å². The van der Waals surface area contributed by atoms with Crippen molar-refractivity contribution in [1.82, 2.24) is 4.90 Å². The van der Waals surface area contributed by atoms with E-state index in [-0.39, 0.29) is 5.78 Å². The fourth-order valence-corrected chi connectivity index (χ4v) is 7.80. The lowest BCUT2D eigenvalue weighted by Crippen LogP contribution is -2.48. The molecule has 0 saturated carbocycles. The van der Waals surface area contributed by atoms with E-state index in [0.717, 1.165) is 50.9 Å². The van der Waals surface area contributed by atoms with Crippen LogP contribution in [-0.4, -0.2) is 36.4 Å². The summed E-state index contributed by atoms with van der Waals surface area (Å²) in [6.45, 7) is 9.45. The molecule has 0 bridgehead atoms. The molecule has 210 valence electrons. The summed E-state index contributed by atoms with van der Waals surface area (Å²) in [5.74, 6) is 0.559. The zero-order valence-electron chi connectivity index (χ0n) is 24.7.